The van der Waals surface area contributed by atoms with Crippen molar-refractivity contribution < 1.29 is 36.2 Å². The molecule has 0 unspecified atom stereocenters. The molecule has 5 nitrogen and oxygen atoms in total. The third kappa shape index (κ3) is 4.52. The Labute approximate surface area is 115 Å². The first-order chi connectivity index (χ1) is 9.69. The Hall–Kier alpha value is -1.97. The number of nitrogens with zero attached hydrogens (tertiary/aromatic N) is 1. The van der Waals surface area contributed by atoms with E-state index >= 15 is 0 Å². The van der Waals surface area contributed by atoms with E-state index in [1.165, 1.54) is 0 Å². The second-order valence-electron chi connectivity index (χ2n) is 3.77. The maximum absolute atomic E-state index is 12.8. The number of carbonyl (C=O) groups is 1. The highest BCUT2D eigenvalue weighted by Gasteiger charge is 2.35. The van der Waals surface area contributed by atoms with E-state index in [0.29, 0.717) is 6.20 Å². The highest BCUT2D eigenvalue weighted by Crippen LogP contribution is 2.35. The van der Waals surface area contributed by atoms with Gasteiger partial charge in [-0.15, -0.1) is 13.2 Å². The van der Waals surface area contributed by atoms with Crippen molar-refractivity contribution in [2.24, 2.45) is 5.73 Å². The van der Waals surface area contributed by atoms with Crippen LogP contribution in [-0.2, 0) is 22.5 Å². The molecule has 0 radical (unpaired) electrons. The number of ether oxygens (including phenoxy) is 2. The Kier molecular flexibility index (Phi) is 5.41. The highest BCUT2D eigenvalue weighted by molar-refractivity contribution is 5.73. The summed E-state index contributed by atoms with van der Waals surface area (Å²) in [6.07, 6.45) is -8.23. The summed E-state index contributed by atoms with van der Waals surface area (Å²) in [7, 11) is 1.02. The minimum absolute atomic E-state index is 0.482. The van der Waals surface area contributed by atoms with Crippen LogP contribution in [0.5, 0.6) is 5.75 Å². The van der Waals surface area contributed by atoms with Crippen LogP contribution in [0.3, 0.4) is 0 Å². The summed E-state index contributed by atoms with van der Waals surface area (Å²) >= 11 is 0. The van der Waals surface area contributed by atoms with Crippen LogP contribution in [0.15, 0.2) is 6.20 Å². The van der Waals surface area contributed by atoms with Gasteiger partial charge >= 0.3 is 12.3 Å². The summed E-state index contributed by atoms with van der Waals surface area (Å²) in [6.45, 7) is -0.637. The van der Waals surface area contributed by atoms with Crippen molar-refractivity contribution in [1.82, 2.24) is 4.98 Å². The number of hydrogen-bond acceptors (Lipinski definition) is 5. The summed E-state index contributed by atoms with van der Waals surface area (Å²) in [5.41, 5.74) is 3.39. The van der Waals surface area contributed by atoms with Crippen LogP contribution < -0.4 is 10.5 Å². The third-order valence-electron chi connectivity index (χ3n) is 2.44. The van der Waals surface area contributed by atoms with Crippen molar-refractivity contribution in [3.63, 3.8) is 0 Å². The topological polar surface area (TPSA) is 74.4 Å². The number of alkyl halides is 5. The van der Waals surface area contributed by atoms with Gasteiger partial charge in [-0.25, -0.2) is 8.78 Å². The maximum atomic E-state index is 12.8. The monoisotopic (exact) mass is 314 g/mol. The zero-order valence-electron chi connectivity index (χ0n) is 10.7. The summed E-state index contributed by atoms with van der Waals surface area (Å²) in [6, 6.07) is 0. The molecular formula is C11H11F5N2O3. The SMILES string of the molecule is COC(=O)Cc1ncc(C(F)F)c(CN)c1OC(F)(F)F. The number of nitrogens with two attached hydrogens (primary N) is 1. The number of carbonyl (C=O) groups excluding carboxylic acids is 1. The van der Waals surface area contributed by atoms with E-state index in [1.807, 2.05) is 0 Å². The smallest absolute Gasteiger partial charge is 0.469 e. The Morgan fingerprint density at radius 3 is 2.48 bits per heavy atom. The van der Waals surface area contributed by atoms with Crippen molar-refractivity contribution in [2.45, 2.75) is 25.8 Å². The van der Waals surface area contributed by atoms with Gasteiger partial charge in [0.2, 0.25) is 0 Å². The fraction of sp³-hybridized carbons (Fsp3) is 0.455. The Bertz CT molecular complexity index is 519. The largest absolute Gasteiger partial charge is 0.573 e. The molecule has 0 amide bonds. The van der Waals surface area contributed by atoms with Gasteiger partial charge in [-0.2, -0.15) is 0 Å². The molecule has 0 aromatic carbocycles. The number of esters is 1. The normalized spacial score (nSPS) is 11.6. The molecule has 2 N–H and O–H groups in total. The van der Waals surface area contributed by atoms with E-state index in [2.05, 4.69) is 14.5 Å². The van der Waals surface area contributed by atoms with E-state index in [-0.39, 0.29) is 0 Å². The van der Waals surface area contributed by atoms with Gasteiger partial charge in [0.1, 0.15) is 0 Å². The lowest BCUT2D eigenvalue weighted by molar-refractivity contribution is -0.275. The van der Waals surface area contributed by atoms with Gasteiger partial charge in [0, 0.05) is 23.9 Å². The average Bonchev–Trinajstić information content (AvgIpc) is 2.38. The Morgan fingerprint density at radius 2 is 2.05 bits per heavy atom. The van der Waals surface area contributed by atoms with Crippen molar-refractivity contribution in [3.05, 3.63) is 23.0 Å². The molecule has 0 saturated carbocycles. The van der Waals surface area contributed by atoms with Gasteiger partial charge in [-0.05, 0) is 0 Å². The molecule has 1 rings (SSSR count). The van der Waals surface area contributed by atoms with Gasteiger partial charge in [0.15, 0.2) is 5.75 Å². The second kappa shape index (κ2) is 6.66. The zero-order chi connectivity index (χ0) is 16.2. The quantitative estimate of drug-likeness (QED) is 0.665. The summed E-state index contributed by atoms with van der Waals surface area (Å²) < 4.78 is 70.7. The van der Waals surface area contributed by atoms with Crippen LogP contribution in [0.1, 0.15) is 23.2 Å². The van der Waals surface area contributed by atoms with Crippen molar-refractivity contribution in [3.8, 4) is 5.75 Å². The molecule has 0 aliphatic heterocycles. The fourth-order valence-electron chi connectivity index (χ4n) is 1.56. The van der Waals surface area contributed by atoms with E-state index in [0.717, 1.165) is 7.11 Å². The van der Waals surface area contributed by atoms with Gasteiger partial charge in [-0.1, -0.05) is 0 Å². The molecule has 21 heavy (non-hydrogen) atoms. The first-order valence-corrected chi connectivity index (χ1v) is 5.51. The summed E-state index contributed by atoms with van der Waals surface area (Å²) in [5, 5.41) is 0. The molecule has 0 aliphatic carbocycles. The second-order valence-corrected chi connectivity index (χ2v) is 3.77. The molecule has 10 heteroatoms. The van der Waals surface area contributed by atoms with Gasteiger partial charge in [0.25, 0.3) is 6.43 Å². The average molecular weight is 314 g/mol. The molecule has 0 bridgehead atoms. The lowest BCUT2D eigenvalue weighted by Gasteiger charge is -2.18. The van der Waals surface area contributed by atoms with Gasteiger partial charge < -0.3 is 15.2 Å². The molecule has 1 aromatic rings. The summed E-state index contributed by atoms with van der Waals surface area (Å²) in [5.74, 6) is -1.89. The molecular weight excluding hydrogens is 303 g/mol. The first-order valence-electron chi connectivity index (χ1n) is 5.51. The van der Waals surface area contributed by atoms with Crippen molar-refractivity contribution >= 4 is 5.97 Å². The molecule has 118 valence electrons. The minimum atomic E-state index is -5.14. The van der Waals surface area contributed by atoms with E-state index in [9.17, 15) is 26.7 Å². The van der Waals surface area contributed by atoms with E-state index in [4.69, 9.17) is 5.73 Å². The zero-order valence-corrected chi connectivity index (χ0v) is 10.7. The number of halogens is 5. The molecule has 0 fully saturated rings. The van der Waals surface area contributed by atoms with Crippen molar-refractivity contribution in [1.29, 1.82) is 0 Å². The Balaban J connectivity index is 3.39. The van der Waals surface area contributed by atoms with Crippen molar-refractivity contribution in [2.75, 3.05) is 7.11 Å². The maximum Gasteiger partial charge on any atom is 0.573 e. The first kappa shape index (κ1) is 17.1. The summed E-state index contributed by atoms with van der Waals surface area (Å²) in [4.78, 5) is 14.6. The molecule has 0 aliphatic rings. The molecule has 0 saturated heterocycles. The van der Waals surface area contributed by atoms with Crippen LogP contribution in [0.25, 0.3) is 0 Å². The molecule has 0 atom stereocenters. The van der Waals surface area contributed by atoms with E-state index < -0.39 is 54.3 Å². The van der Waals surface area contributed by atoms with E-state index in [1.54, 1.807) is 0 Å². The van der Waals surface area contributed by atoms with Gasteiger partial charge in [0.05, 0.1) is 19.2 Å². The number of aromatic nitrogens is 1. The van der Waals surface area contributed by atoms with Gasteiger partial charge in [-0.3, -0.25) is 9.78 Å². The lowest BCUT2D eigenvalue weighted by atomic mass is 10.1. The number of rotatable bonds is 5. The predicted octanol–water partition coefficient (Wildman–Crippen LogP) is 2.09. The predicted molar refractivity (Wildman–Crippen MR) is 59.5 cm³/mol. The van der Waals surface area contributed by atoms with Crippen LogP contribution in [0.2, 0.25) is 0 Å². The lowest BCUT2D eigenvalue weighted by Crippen LogP contribution is -2.22. The Morgan fingerprint density at radius 1 is 1.43 bits per heavy atom. The number of methoxy groups -OCH3 is 1. The highest BCUT2D eigenvalue weighted by atomic mass is 19.4. The molecule has 0 spiro atoms. The van der Waals surface area contributed by atoms with Crippen LogP contribution >= 0.6 is 0 Å². The molecule has 1 heterocycles. The molecule has 1 aromatic heterocycles. The van der Waals surface area contributed by atoms with Crippen LogP contribution in [0, 0.1) is 0 Å². The standard InChI is InChI=1S/C11H11F5N2O3/c1-20-8(19)2-7-9(21-11(14,15)16)5(3-17)6(4-18-7)10(12)13/h4,10H,2-3,17H2,1H3. The minimum Gasteiger partial charge on any atom is -0.469 e. The van der Waals surface area contributed by atoms with Crippen LogP contribution in [-0.4, -0.2) is 24.4 Å². The number of pyridine rings is 1. The van der Waals surface area contributed by atoms with Crippen LogP contribution in [0.4, 0.5) is 22.0 Å². The third-order valence-corrected chi connectivity index (χ3v) is 2.44. The number of hydrogen-bond donors (Lipinski definition) is 1. The fourth-order valence-corrected chi connectivity index (χ4v) is 1.56.